The molecule has 2 atom stereocenters. The van der Waals surface area contributed by atoms with Crippen LogP contribution < -0.4 is 10.1 Å². The van der Waals surface area contributed by atoms with Crippen molar-refractivity contribution in [2.45, 2.75) is 38.5 Å². The highest BCUT2D eigenvalue weighted by molar-refractivity contribution is 7.99. The molecule has 1 aromatic rings. The summed E-state index contributed by atoms with van der Waals surface area (Å²) in [5.74, 6) is 1.93. The van der Waals surface area contributed by atoms with Gasteiger partial charge < -0.3 is 10.1 Å². The minimum Gasteiger partial charge on any atom is -0.496 e. The topological polar surface area (TPSA) is 21.3 Å². The normalized spacial score (nSPS) is 14.2. The van der Waals surface area contributed by atoms with E-state index in [4.69, 9.17) is 16.3 Å². The van der Waals surface area contributed by atoms with Crippen molar-refractivity contribution in [2.75, 3.05) is 19.4 Å². The molecule has 1 N–H and O–H groups in total. The summed E-state index contributed by atoms with van der Waals surface area (Å²) in [5, 5.41) is 4.95. The summed E-state index contributed by atoms with van der Waals surface area (Å²) in [7, 11) is 1.71. The van der Waals surface area contributed by atoms with Crippen molar-refractivity contribution < 1.29 is 4.74 Å². The first-order valence-corrected chi connectivity index (χ1v) is 8.23. The minimum absolute atomic E-state index is 0.276. The number of hydrogen-bond acceptors (Lipinski definition) is 3. The maximum Gasteiger partial charge on any atom is 0.123 e. The Kier molecular flexibility index (Phi) is 7.66. The van der Waals surface area contributed by atoms with Gasteiger partial charge in [-0.15, -0.1) is 0 Å². The van der Waals surface area contributed by atoms with Crippen LogP contribution in [0.4, 0.5) is 0 Å². The quantitative estimate of drug-likeness (QED) is 0.762. The molecule has 0 saturated carbocycles. The van der Waals surface area contributed by atoms with Gasteiger partial charge in [-0.25, -0.2) is 0 Å². The van der Waals surface area contributed by atoms with Gasteiger partial charge in [-0.3, -0.25) is 0 Å². The first-order chi connectivity index (χ1) is 9.12. The second kappa shape index (κ2) is 8.72. The van der Waals surface area contributed by atoms with Crippen LogP contribution in [0.3, 0.4) is 0 Å². The molecule has 0 amide bonds. The van der Waals surface area contributed by atoms with E-state index in [1.54, 1.807) is 7.11 Å². The third-order valence-electron chi connectivity index (χ3n) is 3.14. The lowest BCUT2D eigenvalue weighted by Gasteiger charge is -2.22. The van der Waals surface area contributed by atoms with Gasteiger partial charge in [0.05, 0.1) is 7.11 Å². The highest BCUT2D eigenvalue weighted by Gasteiger charge is 2.17. The van der Waals surface area contributed by atoms with E-state index in [1.807, 2.05) is 30.0 Å². The molecular formula is C15H24ClNOS. The van der Waals surface area contributed by atoms with E-state index in [9.17, 15) is 0 Å². The Morgan fingerprint density at radius 1 is 1.37 bits per heavy atom. The fourth-order valence-corrected chi connectivity index (χ4v) is 3.10. The van der Waals surface area contributed by atoms with Gasteiger partial charge in [0, 0.05) is 27.6 Å². The van der Waals surface area contributed by atoms with Crippen LogP contribution in [0.15, 0.2) is 18.2 Å². The fraction of sp³-hybridized carbons (Fsp3) is 0.600. The molecule has 2 unspecified atom stereocenters. The van der Waals surface area contributed by atoms with Crippen LogP contribution in [0.5, 0.6) is 5.75 Å². The third-order valence-corrected chi connectivity index (χ3v) is 4.80. The van der Waals surface area contributed by atoms with Crippen molar-refractivity contribution in [1.82, 2.24) is 5.32 Å². The van der Waals surface area contributed by atoms with Crippen LogP contribution in [0.1, 0.15) is 38.8 Å². The van der Waals surface area contributed by atoms with Gasteiger partial charge in [-0.1, -0.05) is 32.4 Å². The molecule has 0 aliphatic heterocycles. The fourth-order valence-electron chi connectivity index (χ4n) is 1.86. The predicted molar refractivity (Wildman–Crippen MR) is 86.6 cm³/mol. The van der Waals surface area contributed by atoms with Crippen molar-refractivity contribution in [3.8, 4) is 5.75 Å². The van der Waals surface area contributed by atoms with Gasteiger partial charge in [0.2, 0.25) is 0 Å². The second-order valence-corrected chi connectivity index (χ2v) is 6.46. The summed E-state index contributed by atoms with van der Waals surface area (Å²) in [5.41, 5.74) is 1.15. The van der Waals surface area contributed by atoms with E-state index in [0.717, 1.165) is 28.6 Å². The van der Waals surface area contributed by atoms with Crippen LogP contribution in [0.2, 0.25) is 5.02 Å². The molecule has 0 heterocycles. The number of benzene rings is 1. The van der Waals surface area contributed by atoms with E-state index in [2.05, 4.69) is 26.1 Å². The summed E-state index contributed by atoms with van der Waals surface area (Å²) in [6.07, 6.45) is 1.19. The molecule has 1 rings (SSSR count). The maximum absolute atomic E-state index is 6.12. The standard InChI is InChI=1S/C15H24ClNOS/c1-5-11(3)19-10-14(17-6-2)13-9-12(16)7-8-15(13)18-4/h7-9,11,14,17H,5-6,10H2,1-4H3. The molecule has 0 bridgehead atoms. The van der Waals surface area contributed by atoms with Gasteiger partial charge >= 0.3 is 0 Å². The molecule has 4 heteroatoms. The van der Waals surface area contributed by atoms with Crippen LogP contribution in [0, 0.1) is 0 Å². The first kappa shape index (κ1) is 16.7. The van der Waals surface area contributed by atoms with Crippen LogP contribution in [-0.2, 0) is 0 Å². The lowest BCUT2D eigenvalue weighted by atomic mass is 10.1. The van der Waals surface area contributed by atoms with Crippen molar-refractivity contribution in [3.63, 3.8) is 0 Å². The van der Waals surface area contributed by atoms with E-state index in [0.29, 0.717) is 5.25 Å². The van der Waals surface area contributed by atoms with Crippen molar-refractivity contribution in [2.24, 2.45) is 0 Å². The summed E-state index contributed by atoms with van der Waals surface area (Å²) in [4.78, 5) is 0. The molecule has 0 aliphatic carbocycles. The number of thioether (sulfide) groups is 1. The summed E-state index contributed by atoms with van der Waals surface area (Å²) >= 11 is 8.10. The number of halogens is 1. The molecule has 1 aromatic carbocycles. The first-order valence-electron chi connectivity index (χ1n) is 6.80. The molecule has 19 heavy (non-hydrogen) atoms. The highest BCUT2D eigenvalue weighted by atomic mass is 35.5. The summed E-state index contributed by atoms with van der Waals surface area (Å²) in [6, 6.07) is 6.09. The largest absolute Gasteiger partial charge is 0.496 e. The van der Waals surface area contributed by atoms with Crippen LogP contribution in [0.25, 0.3) is 0 Å². The average molecular weight is 302 g/mol. The van der Waals surface area contributed by atoms with Gasteiger partial charge in [-0.2, -0.15) is 11.8 Å². The SMILES string of the molecule is CCNC(CSC(C)CC)c1cc(Cl)ccc1OC. The van der Waals surface area contributed by atoms with Gasteiger partial charge in [0.25, 0.3) is 0 Å². The highest BCUT2D eigenvalue weighted by Crippen LogP contribution is 2.31. The van der Waals surface area contributed by atoms with Crippen molar-refractivity contribution in [3.05, 3.63) is 28.8 Å². The number of nitrogens with one attached hydrogen (secondary N) is 1. The van der Waals surface area contributed by atoms with E-state index >= 15 is 0 Å². The van der Waals surface area contributed by atoms with E-state index in [-0.39, 0.29) is 6.04 Å². The molecule has 108 valence electrons. The molecule has 0 radical (unpaired) electrons. The monoisotopic (exact) mass is 301 g/mol. The number of hydrogen-bond donors (Lipinski definition) is 1. The zero-order valence-electron chi connectivity index (χ0n) is 12.2. The Morgan fingerprint density at radius 3 is 2.68 bits per heavy atom. The molecule has 0 aromatic heterocycles. The molecule has 0 aliphatic rings. The predicted octanol–water partition coefficient (Wildman–Crippen LogP) is 4.53. The average Bonchev–Trinajstić information content (AvgIpc) is 2.43. The Labute approximate surface area is 126 Å². The minimum atomic E-state index is 0.276. The molecule has 2 nitrogen and oxygen atoms in total. The summed E-state index contributed by atoms with van der Waals surface area (Å²) in [6.45, 7) is 7.54. The van der Waals surface area contributed by atoms with Gasteiger partial charge in [0.1, 0.15) is 5.75 Å². The van der Waals surface area contributed by atoms with E-state index < -0.39 is 0 Å². The van der Waals surface area contributed by atoms with Gasteiger partial charge in [-0.05, 0) is 31.2 Å². The molecule has 0 fully saturated rings. The van der Waals surface area contributed by atoms with Crippen molar-refractivity contribution in [1.29, 1.82) is 0 Å². The molecule has 0 saturated heterocycles. The lowest BCUT2D eigenvalue weighted by Crippen LogP contribution is -2.24. The third kappa shape index (κ3) is 5.25. The molecule has 0 spiro atoms. The van der Waals surface area contributed by atoms with Gasteiger partial charge in [0.15, 0.2) is 0 Å². The van der Waals surface area contributed by atoms with Crippen LogP contribution in [-0.4, -0.2) is 24.7 Å². The Morgan fingerprint density at radius 2 is 2.11 bits per heavy atom. The lowest BCUT2D eigenvalue weighted by molar-refractivity contribution is 0.403. The zero-order valence-corrected chi connectivity index (χ0v) is 13.8. The van der Waals surface area contributed by atoms with Crippen LogP contribution >= 0.6 is 23.4 Å². The number of ether oxygens (including phenoxy) is 1. The molecular weight excluding hydrogens is 278 g/mol. The zero-order chi connectivity index (χ0) is 14.3. The Hall–Kier alpha value is -0.380. The second-order valence-electron chi connectivity index (χ2n) is 4.55. The van der Waals surface area contributed by atoms with Crippen molar-refractivity contribution >= 4 is 23.4 Å². The van der Waals surface area contributed by atoms with E-state index in [1.165, 1.54) is 6.42 Å². The Bertz CT molecular complexity index is 386. The maximum atomic E-state index is 6.12. The smallest absolute Gasteiger partial charge is 0.123 e. The number of methoxy groups -OCH3 is 1. The number of rotatable bonds is 8. The summed E-state index contributed by atoms with van der Waals surface area (Å²) < 4.78 is 5.45. The Balaban J connectivity index is 2.87.